The van der Waals surface area contributed by atoms with Crippen molar-refractivity contribution >= 4 is 48.9 Å². The minimum atomic E-state index is -4.29. The Hall–Kier alpha value is 2.61. The fourth-order valence-corrected chi connectivity index (χ4v) is 0. The van der Waals surface area contributed by atoms with E-state index >= 15 is 0 Å². The molecule has 0 aliphatic carbocycles. The summed E-state index contributed by atoms with van der Waals surface area (Å²) in [7, 11) is 0. The normalized spacial score (nSPS) is 5.78. The van der Waals surface area contributed by atoms with E-state index in [1.54, 1.807) is 0 Å². The standard InChI is InChI=1S/Ba.2H2O.4O.Ti.Zr/h;2*1H2;;;;;;/q+2;;;;;2*-1;+2;/p-2. The molecule has 6 nitrogen and oxygen atoms in total. The van der Waals surface area contributed by atoms with Gasteiger partial charge in [0, 0.05) is 0 Å². The van der Waals surface area contributed by atoms with Gasteiger partial charge in [-0.25, -0.2) is 0 Å². The van der Waals surface area contributed by atoms with Gasteiger partial charge in [0.2, 0.25) is 0 Å². The summed E-state index contributed by atoms with van der Waals surface area (Å²) in [6, 6.07) is 0. The van der Waals surface area contributed by atoms with Crippen LogP contribution in [0.1, 0.15) is 0 Å². The Bertz CT molecular complexity index is 71.1. The average Bonchev–Trinajstić information content (AvgIpc) is 1.25. The van der Waals surface area contributed by atoms with Gasteiger partial charge < -0.3 is 0 Å². The van der Waals surface area contributed by atoms with Gasteiger partial charge in [0.1, 0.15) is 0 Å². The second kappa shape index (κ2) is 13.2. The molecule has 0 saturated heterocycles. The Morgan fingerprint density at radius 1 is 1.33 bits per heavy atom. The third-order valence-electron chi connectivity index (χ3n) is 0. The molecule has 0 aliphatic rings. The number of rotatable bonds is 0. The van der Waals surface area contributed by atoms with E-state index in [1.807, 2.05) is 0 Å². The summed E-state index contributed by atoms with van der Waals surface area (Å²) >= 11 is -7.88. The molecule has 0 radical (unpaired) electrons. The molecule has 0 aliphatic heterocycles. The van der Waals surface area contributed by atoms with Crippen molar-refractivity contribution < 1.29 is 61.1 Å². The van der Waals surface area contributed by atoms with Crippen molar-refractivity contribution in [1.82, 2.24) is 0 Å². The Labute approximate surface area is 107 Å². The summed E-state index contributed by atoms with van der Waals surface area (Å²) in [6.07, 6.45) is 0. The molecule has 0 atom stereocenters. The first-order valence-corrected chi connectivity index (χ1v) is 6.31. The van der Waals surface area contributed by atoms with Gasteiger partial charge in [-0.3, -0.25) is 0 Å². The van der Waals surface area contributed by atoms with Gasteiger partial charge in [-0.15, -0.1) is 0 Å². The van der Waals surface area contributed by atoms with Crippen LogP contribution in [0.4, 0.5) is 0 Å². The van der Waals surface area contributed by atoms with E-state index in [-0.39, 0.29) is 48.9 Å². The van der Waals surface area contributed by atoms with E-state index in [1.165, 1.54) is 0 Å². The molecule has 0 saturated carbocycles. The first kappa shape index (κ1) is 17.6. The fraction of sp³-hybridized carbons (Fsp3) is 0. The van der Waals surface area contributed by atoms with Gasteiger partial charge in [-0.05, 0) is 0 Å². The second-order valence-corrected chi connectivity index (χ2v) is 2.64. The molecule has 0 rings (SSSR count). The molecule has 48 valence electrons. The van der Waals surface area contributed by atoms with Crippen LogP contribution < -0.4 is 6.37 Å². The second-order valence-electron chi connectivity index (χ2n) is 0.533. The molecule has 0 heterocycles. The van der Waals surface area contributed by atoms with Crippen LogP contribution in [0.2, 0.25) is 0 Å². The molecule has 0 aromatic heterocycles. The molecule has 0 fully saturated rings. The Morgan fingerprint density at radius 3 is 1.33 bits per heavy atom. The zero-order valence-corrected chi connectivity index (χ0v) is 12.7. The summed E-state index contributed by atoms with van der Waals surface area (Å²) in [5.74, 6) is 0. The van der Waals surface area contributed by atoms with Crippen molar-refractivity contribution in [2.24, 2.45) is 0 Å². The average molecular weight is 374 g/mol. The van der Waals surface area contributed by atoms with Gasteiger partial charge in [-0.1, -0.05) is 0 Å². The van der Waals surface area contributed by atoms with Crippen molar-refractivity contribution in [3.63, 3.8) is 0 Å². The Balaban J connectivity index is -0.0000000720. The summed E-state index contributed by atoms with van der Waals surface area (Å²) in [6.45, 7) is 0. The molecule has 9 heavy (non-hydrogen) atoms. The van der Waals surface area contributed by atoms with Crippen LogP contribution in [0, 0.1) is 0 Å². The molecule has 0 amide bonds. The number of hydrogen-bond acceptors (Lipinski definition) is 4. The van der Waals surface area contributed by atoms with Gasteiger partial charge in [-0.2, -0.15) is 0 Å². The Morgan fingerprint density at radius 2 is 1.33 bits per heavy atom. The molecule has 2 N–H and O–H groups in total. The van der Waals surface area contributed by atoms with Gasteiger partial charge in [0.25, 0.3) is 0 Å². The van der Waals surface area contributed by atoms with Crippen LogP contribution in [0.3, 0.4) is 0 Å². The van der Waals surface area contributed by atoms with E-state index in [2.05, 4.69) is 0 Å². The van der Waals surface area contributed by atoms with Gasteiger partial charge >= 0.3 is 110 Å². The number of hydrogen-bond donors (Lipinski definition) is 2. The monoisotopic (exact) mass is 374 g/mol. The van der Waals surface area contributed by atoms with E-state index in [0.29, 0.717) is 0 Å². The van der Waals surface area contributed by atoms with Crippen LogP contribution in [0.15, 0.2) is 0 Å². The van der Waals surface area contributed by atoms with Gasteiger partial charge in [0.15, 0.2) is 0 Å². The summed E-state index contributed by atoms with van der Waals surface area (Å²) < 4.78 is 49.1. The van der Waals surface area contributed by atoms with Crippen LogP contribution in [0.25, 0.3) is 0 Å². The maximum atomic E-state index is 8.81. The third-order valence-corrected chi connectivity index (χ3v) is 0. The van der Waals surface area contributed by atoms with Crippen LogP contribution in [-0.4, -0.2) is 56.3 Å². The third kappa shape index (κ3) is 116. The molecule has 9 heteroatoms. The van der Waals surface area contributed by atoms with Crippen molar-refractivity contribution in [2.45, 2.75) is 0 Å². The molecular weight excluding hydrogens is 372 g/mol. The quantitative estimate of drug-likeness (QED) is 0.416. The predicted octanol–water partition coefficient (Wildman–Crippen LogP) is -4.12. The van der Waals surface area contributed by atoms with Crippen LogP contribution in [-0.2, 0) is 47.4 Å². The predicted molar refractivity (Wildman–Crippen MR) is 11.6 cm³/mol. The molecule has 0 unspecified atom stereocenters. The zero-order valence-electron chi connectivity index (χ0n) is 4.23. The van der Waals surface area contributed by atoms with Crippen molar-refractivity contribution in [1.29, 1.82) is 0 Å². The summed E-state index contributed by atoms with van der Waals surface area (Å²) in [4.78, 5) is 0. The minimum absolute atomic E-state index is 0. The molecule has 0 aromatic carbocycles. The fourth-order valence-electron chi connectivity index (χ4n) is 0. The van der Waals surface area contributed by atoms with E-state index in [4.69, 9.17) is 19.9 Å². The van der Waals surface area contributed by atoms with Crippen LogP contribution >= 0.6 is 0 Å². The molecule has 0 bridgehead atoms. The molecule has 0 aromatic rings. The topological polar surface area (TPSA) is 121 Å². The zero-order chi connectivity index (χ0) is 7.15. The maximum absolute atomic E-state index is 8.81. The van der Waals surface area contributed by atoms with Gasteiger partial charge in [0.05, 0.1) is 0 Å². The summed E-state index contributed by atoms with van der Waals surface area (Å²) in [5, 5.41) is 0. The first-order chi connectivity index (χ1) is 3.46. The summed E-state index contributed by atoms with van der Waals surface area (Å²) in [5.41, 5.74) is 0. The Kier molecular flexibility index (Phi) is 25.9. The molecule has 0 spiro atoms. The SMILES string of the molecule is [Ba+2].[O]=[Ti]([OH])[OH].[O]=[Zr]([O-])[O-]. The molecular formula is H2BaO6TiZr. The van der Waals surface area contributed by atoms with E-state index in [9.17, 15) is 0 Å². The first-order valence-electron chi connectivity index (χ1n) is 1.26. The van der Waals surface area contributed by atoms with Crippen molar-refractivity contribution in [3.05, 3.63) is 0 Å². The van der Waals surface area contributed by atoms with Crippen molar-refractivity contribution in [3.8, 4) is 0 Å². The van der Waals surface area contributed by atoms with E-state index in [0.717, 1.165) is 0 Å². The van der Waals surface area contributed by atoms with Crippen LogP contribution in [0.5, 0.6) is 0 Å². The van der Waals surface area contributed by atoms with E-state index < -0.39 is 41.3 Å². The van der Waals surface area contributed by atoms with Crippen molar-refractivity contribution in [2.75, 3.05) is 0 Å².